The molecule has 1 unspecified atom stereocenters. The molecule has 0 aromatic heterocycles. The third kappa shape index (κ3) is 8.48. The third-order valence-electron chi connectivity index (χ3n) is 6.57. The Bertz CT molecular complexity index is 923. The summed E-state index contributed by atoms with van der Waals surface area (Å²) in [6.45, 7) is 4.82. The number of hydrogen-bond donors (Lipinski definition) is 0. The average Bonchev–Trinajstić information content (AvgIpc) is 2.87. The van der Waals surface area contributed by atoms with Crippen molar-refractivity contribution in [1.29, 1.82) is 0 Å². The molecule has 0 N–H and O–H groups in total. The number of carbonyl (C=O) groups is 1. The van der Waals surface area contributed by atoms with Crippen molar-refractivity contribution in [3.63, 3.8) is 0 Å². The van der Waals surface area contributed by atoms with Gasteiger partial charge >= 0.3 is 5.97 Å². The number of ether oxygens (including phenoxy) is 4. The van der Waals surface area contributed by atoms with E-state index in [2.05, 4.69) is 13.0 Å². The highest BCUT2D eigenvalue weighted by atomic mass is 16.5. The molecule has 0 amide bonds. The SMILES string of the molecule is CCCCCCCCCCCC(=O)Oc1cc(OC)ccc1C1CCc2ccc(OCC)cc2O1. The van der Waals surface area contributed by atoms with Gasteiger partial charge in [0.05, 0.1) is 13.7 Å². The Morgan fingerprint density at radius 1 is 0.914 bits per heavy atom. The number of fused-ring (bicyclic) bond motifs is 1. The summed E-state index contributed by atoms with van der Waals surface area (Å²) in [5.74, 6) is 2.62. The van der Waals surface area contributed by atoms with Crippen molar-refractivity contribution in [3.05, 3.63) is 47.5 Å². The van der Waals surface area contributed by atoms with Crippen LogP contribution in [0.5, 0.6) is 23.0 Å². The smallest absolute Gasteiger partial charge is 0.311 e. The summed E-state index contributed by atoms with van der Waals surface area (Å²) in [5.41, 5.74) is 2.04. The van der Waals surface area contributed by atoms with E-state index < -0.39 is 0 Å². The van der Waals surface area contributed by atoms with Crippen LogP contribution in [0.15, 0.2) is 36.4 Å². The van der Waals surface area contributed by atoms with Crippen molar-refractivity contribution in [3.8, 4) is 23.0 Å². The van der Waals surface area contributed by atoms with Crippen molar-refractivity contribution in [2.24, 2.45) is 0 Å². The number of rotatable bonds is 15. The Kier molecular flexibility index (Phi) is 11.3. The number of unbranched alkanes of at least 4 members (excludes halogenated alkanes) is 8. The van der Waals surface area contributed by atoms with Crippen LogP contribution in [0.25, 0.3) is 0 Å². The molecule has 1 heterocycles. The van der Waals surface area contributed by atoms with Crippen LogP contribution in [0.4, 0.5) is 0 Å². The van der Waals surface area contributed by atoms with Gasteiger partial charge in [-0.2, -0.15) is 0 Å². The summed E-state index contributed by atoms with van der Waals surface area (Å²) in [7, 11) is 1.62. The van der Waals surface area contributed by atoms with Crippen molar-refractivity contribution in [2.75, 3.05) is 13.7 Å². The maximum atomic E-state index is 12.6. The maximum absolute atomic E-state index is 12.6. The number of hydrogen-bond acceptors (Lipinski definition) is 5. The fraction of sp³-hybridized carbons (Fsp3) is 0.567. The zero-order valence-electron chi connectivity index (χ0n) is 21.8. The van der Waals surface area contributed by atoms with E-state index in [1.54, 1.807) is 13.2 Å². The summed E-state index contributed by atoms with van der Waals surface area (Å²) in [6, 6.07) is 11.6. The first-order chi connectivity index (χ1) is 17.1. The number of benzene rings is 2. The van der Waals surface area contributed by atoms with Gasteiger partial charge in [-0.25, -0.2) is 0 Å². The highest BCUT2D eigenvalue weighted by Crippen LogP contribution is 2.41. The minimum Gasteiger partial charge on any atom is -0.497 e. The van der Waals surface area contributed by atoms with Crippen LogP contribution >= 0.6 is 0 Å². The fourth-order valence-corrected chi connectivity index (χ4v) is 4.58. The minimum absolute atomic E-state index is 0.194. The van der Waals surface area contributed by atoms with Crippen LogP contribution in [0.3, 0.4) is 0 Å². The summed E-state index contributed by atoms with van der Waals surface area (Å²) >= 11 is 0. The van der Waals surface area contributed by atoms with Gasteiger partial charge in [-0.05, 0) is 49.9 Å². The molecular formula is C30H42O5. The molecule has 1 atom stereocenters. The van der Waals surface area contributed by atoms with E-state index in [-0.39, 0.29) is 12.1 Å². The van der Waals surface area contributed by atoms with Crippen LogP contribution in [0.2, 0.25) is 0 Å². The number of methoxy groups -OCH3 is 1. The molecule has 0 radical (unpaired) electrons. The van der Waals surface area contributed by atoms with Crippen molar-refractivity contribution < 1.29 is 23.7 Å². The first kappa shape index (κ1) is 26.9. The highest BCUT2D eigenvalue weighted by molar-refractivity contribution is 5.73. The molecular weight excluding hydrogens is 440 g/mol. The standard InChI is InChI=1S/C30H42O5/c1-4-6-7-8-9-10-11-12-13-14-30(31)35-29-21-24(32-3)18-19-26(29)27-20-16-23-15-17-25(33-5-2)22-28(23)34-27/h15,17-19,21-22,27H,4-14,16,20H2,1-3H3. The monoisotopic (exact) mass is 482 g/mol. The molecule has 5 nitrogen and oxygen atoms in total. The summed E-state index contributed by atoms with van der Waals surface area (Å²) in [4.78, 5) is 12.6. The summed E-state index contributed by atoms with van der Waals surface area (Å²) in [6.07, 6.45) is 12.9. The van der Waals surface area contributed by atoms with Gasteiger partial charge in [0.1, 0.15) is 29.1 Å². The molecule has 2 aromatic rings. The first-order valence-corrected chi connectivity index (χ1v) is 13.5. The number of esters is 1. The maximum Gasteiger partial charge on any atom is 0.311 e. The summed E-state index contributed by atoms with van der Waals surface area (Å²) in [5, 5.41) is 0. The Hall–Kier alpha value is -2.69. The Balaban J connectivity index is 1.55. The van der Waals surface area contributed by atoms with Gasteiger partial charge < -0.3 is 18.9 Å². The van der Waals surface area contributed by atoms with E-state index in [0.717, 1.165) is 42.7 Å². The fourth-order valence-electron chi connectivity index (χ4n) is 4.58. The lowest BCUT2D eigenvalue weighted by Crippen LogP contribution is -2.17. The highest BCUT2D eigenvalue weighted by Gasteiger charge is 2.26. The molecule has 35 heavy (non-hydrogen) atoms. The molecule has 0 bridgehead atoms. The van der Waals surface area contributed by atoms with E-state index in [1.807, 2.05) is 31.2 Å². The molecule has 0 saturated heterocycles. The average molecular weight is 483 g/mol. The minimum atomic E-state index is -0.197. The van der Waals surface area contributed by atoms with E-state index >= 15 is 0 Å². The second kappa shape index (κ2) is 14.7. The van der Waals surface area contributed by atoms with Gasteiger partial charge in [0.2, 0.25) is 0 Å². The largest absolute Gasteiger partial charge is 0.497 e. The van der Waals surface area contributed by atoms with Gasteiger partial charge in [0.25, 0.3) is 0 Å². The van der Waals surface area contributed by atoms with Gasteiger partial charge in [-0.1, -0.05) is 64.4 Å². The lowest BCUT2D eigenvalue weighted by molar-refractivity contribution is -0.134. The Morgan fingerprint density at radius 3 is 2.34 bits per heavy atom. The molecule has 0 aliphatic carbocycles. The lowest BCUT2D eigenvalue weighted by atomic mass is 9.96. The molecule has 0 saturated carbocycles. The molecule has 0 spiro atoms. The van der Waals surface area contributed by atoms with Crippen molar-refractivity contribution in [1.82, 2.24) is 0 Å². The molecule has 0 fully saturated rings. The van der Waals surface area contributed by atoms with Crippen molar-refractivity contribution in [2.45, 2.75) is 97.0 Å². The van der Waals surface area contributed by atoms with Crippen LogP contribution in [-0.4, -0.2) is 19.7 Å². The molecule has 192 valence electrons. The van der Waals surface area contributed by atoms with E-state index in [0.29, 0.717) is 24.5 Å². The quantitative estimate of drug-likeness (QED) is 0.146. The van der Waals surface area contributed by atoms with E-state index in [9.17, 15) is 4.79 Å². The Morgan fingerprint density at radius 2 is 1.63 bits per heavy atom. The van der Waals surface area contributed by atoms with E-state index in [4.69, 9.17) is 18.9 Å². The Labute approximate surface area is 211 Å². The van der Waals surface area contributed by atoms with Crippen LogP contribution < -0.4 is 18.9 Å². The third-order valence-corrected chi connectivity index (χ3v) is 6.57. The molecule has 5 heteroatoms. The predicted molar refractivity (Wildman–Crippen MR) is 140 cm³/mol. The zero-order chi connectivity index (χ0) is 24.9. The van der Waals surface area contributed by atoms with Crippen molar-refractivity contribution >= 4 is 5.97 Å². The molecule has 2 aromatic carbocycles. The van der Waals surface area contributed by atoms with Crippen LogP contribution in [0, 0.1) is 0 Å². The van der Waals surface area contributed by atoms with Crippen LogP contribution in [0.1, 0.15) is 102 Å². The van der Waals surface area contributed by atoms with Gasteiger partial charge in [-0.3, -0.25) is 4.79 Å². The first-order valence-electron chi connectivity index (χ1n) is 13.5. The lowest BCUT2D eigenvalue weighted by Gasteiger charge is -2.28. The topological polar surface area (TPSA) is 54.0 Å². The van der Waals surface area contributed by atoms with Gasteiger partial charge in [0, 0.05) is 24.1 Å². The van der Waals surface area contributed by atoms with Gasteiger partial charge in [0.15, 0.2) is 0 Å². The van der Waals surface area contributed by atoms with E-state index in [1.165, 1.54) is 50.5 Å². The number of aryl methyl sites for hydroxylation is 1. The normalized spacial score (nSPS) is 14.7. The zero-order valence-corrected chi connectivity index (χ0v) is 21.8. The number of carbonyl (C=O) groups excluding carboxylic acids is 1. The molecule has 1 aliphatic heterocycles. The molecule has 3 rings (SSSR count). The molecule has 1 aliphatic rings. The second-order valence-corrected chi connectivity index (χ2v) is 9.30. The second-order valence-electron chi connectivity index (χ2n) is 9.30. The van der Waals surface area contributed by atoms with Crippen LogP contribution in [-0.2, 0) is 11.2 Å². The summed E-state index contributed by atoms with van der Waals surface area (Å²) < 4.78 is 23.2. The van der Waals surface area contributed by atoms with Gasteiger partial charge in [-0.15, -0.1) is 0 Å². The predicted octanol–water partition coefficient (Wildman–Crippen LogP) is 7.99.